The van der Waals surface area contributed by atoms with Crippen molar-refractivity contribution in [3.63, 3.8) is 0 Å². The Labute approximate surface area is 71.1 Å². The molecule has 1 N–H and O–H groups in total. The van der Waals surface area contributed by atoms with E-state index >= 15 is 0 Å². The van der Waals surface area contributed by atoms with Crippen molar-refractivity contribution >= 4 is 8.07 Å². The highest BCUT2D eigenvalue weighted by molar-refractivity contribution is 6.82. The molecule has 0 heterocycles. The zero-order valence-corrected chi connectivity index (χ0v) is 9.15. The van der Waals surface area contributed by atoms with Gasteiger partial charge in [-0.2, -0.15) is 0 Å². The Kier molecular flexibility index (Phi) is 4.04. The molecule has 0 aromatic heterocycles. The summed E-state index contributed by atoms with van der Waals surface area (Å²) in [6, 6.07) is 0. The first kappa shape index (κ1) is 10.9. The molecule has 1 atom stereocenters. The van der Waals surface area contributed by atoms with Gasteiger partial charge in [0.05, 0.1) is 14.2 Å². The fraction of sp³-hybridized carbons (Fsp3) is 0.778. The molecule has 66 valence electrons. The first-order chi connectivity index (χ1) is 4.88. The summed E-state index contributed by atoms with van der Waals surface area (Å²) in [6.07, 6.45) is 1.46. The monoisotopic (exact) mass is 172 g/mol. The molecular weight excluding hydrogens is 152 g/mol. The second-order valence-corrected chi connectivity index (χ2v) is 9.33. The van der Waals surface area contributed by atoms with E-state index in [0.717, 1.165) is 12.8 Å². The highest BCUT2D eigenvalue weighted by Gasteiger charge is 2.18. The minimum absolute atomic E-state index is 0.172. The van der Waals surface area contributed by atoms with Crippen molar-refractivity contribution in [2.45, 2.75) is 45.5 Å². The molecule has 0 bridgehead atoms. The molecule has 0 aromatic rings. The van der Waals surface area contributed by atoms with Crippen LogP contribution in [0.2, 0.25) is 19.6 Å². The van der Waals surface area contributed by atoms with Crippen LogP contribution in [0.15, 0.2) is 11.8 Å². The molecular formula is C9H20OSi. The summed E-state index contributed by atoms with van der Waals surface area (Å²) in [7, 11) is -1.19. The molecule has 0 aliphatic heterocycles. The molecule has 2 heteroatoms. The molecule has 0 saturated carbocycles. The molecule has 1 nitrogen and oxygen atoms in total. The summed E-state index contributed by atoms with van der Waals surface area (Å²) in [5, 5.41) is 10.6. The quantitative estimate of drug-likeness (QED) is 0.646. The second-order valence-electron chi connectivity index (χ2n) is 4.12. The van der Waals surface area contributed by atoms with Crippen LogP contribution in [-0.4, -0.2) is 19.3 Å². The zero-order chi connectivity index (χ0) is 9.07. The minimum Gasteiger partial charge on any atom is -0.393 e. The van der Waals surface area contributed by atoms with Crippen LogP contribution < -0.4 is 0 Å². The van der Waals surface area contributed by atoms with Crippen LogP contribution in [0, 0.1) is 0 Å². The molecule has 0 fully saturated rings. The van der Waals surface area contributed by atoms with Gasteiger partial charge in [0.2, 0.25) is 0 Å². The normalized spacial score (nSPS) is 14.6. The zero-order valence-electron chi connectivity index (χ0n) is 8.15. The van der Waals surface area contributed by atoms with Gasteiger partial charge in [0.1, 0.15) is 0 Å². The Morgan fingerprint density at radius 3 is 2.18 bits per heavy atom. The van der Waals surface area contributed by atoms with E-state index in [4.69, 9.17) is 0 Å². The fourth-order valence-electron chi connectivity index (χ4n) is 0.735. The predicted octanol–water partition coefficient (Wildman–Crippen LogP) is 2.58. The average molecular weight is 172 g/mol. The van der Waals surface area contributed by atoms with Crippen LogP contribution in [0.25, 0.3) is 0 Å². The van der Waals surface area contributed by atoms with E-state index in [0.29, 0.717) is 0 Å². The standard InChI is InChI=1S/C9H20OSi/c1-6-9(10)7-8(2)11(3,4)5/h9-10H,2,6-7H2,1,3-5H3. The summed E-state index contributed by atoms with van der Waals surface area (Å²) >= 11 is 0. The highest BCUT2D eigenvalue weighted by atomic mass is 28.3. The third-order valence-electron chi connectivity index (χ3n) is 2.01. The van der Waals surface area contributed by atoms with Crippen LogP contribution >= 0.6 is 0 Å². The molecule has 11 heavy (non-hydrogen) atoms. The van der Waals surface area contributed by atoms with E-state index in [1.165, 1.54) is 5.20 Å². The van der Waals surface area contributed by atoms with Gasteiger partial charge < -0.3 is 5.11 Å². The van der Waals surface area contributed by atoms with Crippen molar-refractivity contribution in [3.8, 4) is 0 Å². The van der Waals surface area contributed by atoms with Crippen molar-refractivity contribution in [2.24, 2.45) is 0 Å². The van der Waals surface area contributed by atoms with E-state index in [1.54, 1.807) is 0 Å². The number of aliphatic hydroxyl groups is 1. The fourth-order valence-corrected chi connectivity index (χ4v) is 1.58. The Hall–Kier alpha value is -0.0831. The van der Waals surface area contributed by atoms with Crippen molar-refractivity contribution in [3.05, 3.63) is 11.8 Å². The van der Waals surface area contributed by atoms with Crippen molar-refractivity contribution < 1.29 is 5.11 Å². The largest absolute Gasteiger partial charge is 0.393 e. The van der Waals surface area contributed by atoms with Gasteiger partial charge in [0, 0.05) is 0 Å². The smallest absolute Gasteiger partial charge is 0.0717 e. The average Bonchev–Trinajstić information content (AvgIpc) is 1.85. The predicted molar refractivity (Wildman–Crippen MR) is 53.4 cm³/mol. The number of hydrogen-bond donors (Lipinski definition) is 1. The van der Waals surface area contributed by atoms with Crippen LogP contribution in [0.1, 0.15) is 19.8 Å². The minimum atomic E-state index is -1.19. The van der Waals surface area contributed by atoms with Gasteiger partial charge in [-0.3, -0.25) is 0 Å². The molecule has 0 radical (unpaired) electrons. The third-order valence-corrected chi connectivity index (χ3v) is 4.34. The molecule has 0 aliphatic rings. The first-order valence-electron chi connectivity index (χ1n) is 4.24. The van der Waals surface area contributed by atoms with E-state index < -0.39 is 8.07 Å². The first-order valence-corrected chi connectivity index (χ1v) is 7.74. The van der Waals surface area contributed by atoms with Crippen LogP contribution in [0.5, 0.6) is 0 Å². The maximum Gasteiger partial charge on any atom is 0.0717 e. The van der Waals surface area contributed by atoms with Crippen LogP contribution in [0.4, 0.5) is 0 Å². The SMILES string of the molecule is C=C(CC(O)CC)[Si](C)(C)C. The third kappa shape index (κ3) is 4.38. The van der Waals surface area contributed by atoms with Gasteiger partial charge >= 0.3 is 0 Å². The summed E-state index contributed by atoms with van der Waals surface area (Å²) in [6.45, 7) is 12.8. The van der Waals surface area contributed by atoms with Crippen LogP contribution in [-0.2, 0) is 0 Å². The Bertz CT molecular complexity index is 135. The summed E-state index contributed by atoms with van der Waals surface area (Å²) in [5.74, 6) is 0. The van der Waals surface area contributed by atoms with E-state index in [1.807, 2.05) is 6.92 Å². The lowest BCUT2D eigenvalue weighted by molar-refractivity contribution is 0.172. The lowest BCUT2D eigenvalue weighted by atomic mass is 10.2. The lowest BCUT2D eigenvalue weighted by Crippen LogP contribution is -2.26. The van der Waals surface area contributed by atoms with Gasteiger partial charge in [-0.15, -0.1) is 6.58 Å². The summed E-state index contributed by atoms with van der Waals surface area (Å²) in [5.41, 5.74) is 0. The van der Waals surface area contributed by atoms with E-state index in [-0.39, 0.29) is 6.10 Å². The van der Waals surface area contributed by atoms with E-state index in [2.05, 4.69) is 26.2 Å². The lowest BCUT2D eigenvalue weighted by Gasteiger charge is -2.21. The molecule has 0 spiro atoms. The van der Waals surface area contributed by atoms with Crippen molar-refractivity contribution in [1.29, 1.82) is 0 Å². The summed E-state index contributed by atoms with van der Waals surface area (Å²) in [4.78, 5) is 0. The molecule has 0 aromatic carbocycles. The van der Waals surface area contributed by atoms with Gasteiger partial charge in [-0.25, -0.2) is 0 Å². The van der Waals surface area contributed by atoms with Crippen molar-refractivity contribution in [2.75, 3.05) is 0 Å². The Morgan fingerprint density at radius 2 is 1.91 bits per heavy atom. The topological polar surface area (TPSA) is 20.2 Å². The maximum absolute atomic E-state index is 9.35. The molecule has 0 amide bonds. The van der Waals surface area contributed by atoms with Gasteiger partial charge in [0.15, 0.2) is 0 Å². The van der Waals surface area contributed by atoms with Gasteiger partial charge in [-0.1, -0.05) is 31.8 Å². The Balaban J connectivity index is 3.88. The highest BCUT2D eigenvalue weighted by Crippen LogP contribution is 2.18. The number of rotatable bonds is 4. The molecule has 0 saturated heterocycles. The number of aliphatic hydroxyl groups excluding tert-OH is 1. The number of hydrogen-bond acceptors (Lipinski definition) is 1. The van der Waals surface area contributed by atoms with Gasteiger partial charge in [-0.05, 0) is 12.8 Å². The second kappa shape index (κ2) is 4.07. The molecule has 0 rings (SSSR count). The Morgan fingerprint density at radius 1 is 1.45 bits per heavy atom. The molecule has 1 unspecified atom stereocenters. The molecule has 0 aliphatic carbocycles. The van der Waals surface area contributed by atoms with E-state index in [9.17, 15) is 5.11 Å². The maximum atomic E-state index is 9.35. The van der Waals surface area contributed by atoms with Crippen molar-refractivity contribution in [1.82, 2.24) is 0 Å². The summed E-state index contributed by atoms with van der Waals surface area (Å²) < 4.78 is 0. The van der Waals surface area contributed by atoms with Crippen LogP contribution in [0.3, 0.4) is 0 Å². The van der Waals surface area contributed by atoms with Gasteiger partial charge in [0.25, 0.3) is 0 Å².